The molecule has 0 radical (unpaired) electrons. The molecule has 3 heteroatoms. The minimum absolute atomic E-state index is 0.401. The van der Waals surface area contributed by atoms with E-state index < -0.39 is 5.95 Å². The van der Waals surface area contributed by atoms with Crippen LogP contribution in [-0.4, -0.2) is 4.98 Å². The smallest absolute Gasteiger partial charge is 0.227 e. The summed E-state index contributed by atoms with van der Waals surface area (Å²) >= 11 is 3.21. The summed E-state index contributed by atoms with van der Waals surface area (Å²) < 4.78 is 13.5. The summed E-state index contributed by atoms with van der Waals surface area (Å²) in [7, 11) is 0. The Balaban J connectivity index is 1.90. The van der Waals surface area contributed by atoms with E-state index >= 15 is 0 Å². The van der Waals surface area contributed by atoms with Crippen LogP contribution in [0, 0.1) is 17.8 Å². The van der Waals surface area contributed by atoms with Crippen molar-refractivity contribution in [1.29, 1.82) is 0 Å². The van der Waals surface area contributed by atoms with Crippen molar-refractivity contribution in [1.82, 2.24) is 4.98 Å². The molecule has 2 aliphatic carbocycles. The summed E-state index contributed by atoms with van der Waals surface area (Å²) in [5.41, 5.74) is 1.22. The van der Waals surface area contributed by atoms with Crippen LogP contribution in [0.4, 0.5) is 4.39 Å². The van der Waals surface area contributed by atoms with Crippen LogP contribution in [0.25, 0.3) is 0 Å². The van der Waals surface area contributed by atoms with E-state index in [1.807, 2.05) is 6.07 Å². The van der Waals surface area contributed by atoms with E-state index in [1.54, 1.807) is 6.20 Å². The summed E-state index contributed by atoms with van der Waals surface area (Å²) in [6, 6.07) is 1.91. The molecule has 15 heavy (non-hydrogen) atoms. The number of pyridine rings is 1. The molecule has 2 bridgehead atoms. The highest BCUT2D eigenvalue weighted by Gasteiger charge is 2.40. The van der Waals surface area contributed by atoms with Gasteiger partial charge in [-0.3, -0.25) is 0 Å². The molecule has 2 saturated carbocycles. The maximum absolute atomic E-state index is 13.0. The number of fused-ring (bicyclic) bond motifs is 2. The van der Waals surface area contributed by atoms with E-state index in [-0.39, 0.29) is 0 Å². The van der Waals surface area contributed by atoms with Crippen molar-refractivity contribution < 1.29 is 4.39 Å². The second-order valence-electron chi connectivity index (χ2n) is 4.82. The van der Waals surface area contributed by atoms with Gasteiger partial charge in [0.1, 0.15) is 0 Å². The molecule has 0 N–H and O–H groups in total. The van der Waals surface area contributed by atoms with Gasteiger partial charge in [-0.05, 0) is 64.6 Å². The van der Waals surface area contributed by atoms with Gasteiger partial charge in [0.15, 0.2) is 0 Å². The van der Waals surface area contributed by atoms with Crippen LogP contribution in [0.3, 0.4) is 0 Å². The van der Waals surface area contributed by atoms with Gasteiger partial charge in [-0.2, -0.15) is 4.39 Å². The van der Waals surface area contributed by atoms with Gasteiger partial charge in [0.2, 0.25) is 5.95 Å². The molecule has 3 atom stereocenters. The first-order valence-corrected chi connectivity index (χ1v) is 6.34. The van der Waals surface area contributed by atoms with Gasteiger partial charge < -0.3 is 0 Å². The Labute approximate surface area is 97.2 Å². The summed E-state index contributed by atoms with van der Waals surface area (Å²) in [6.07, 6.45) is 7.12. The lowest BCUT2D eigenvalue weighted by atomic mass is 9.84. The summed E-state index contributed by atoms with van der Waals surface area (Å²) in [4.78, 5) is 3.79. The van der Waals surface area contributed by atoms with Crippen LogP contribution in [-0.2, 0) is 0 Å². The predicted octanol–water partition coefficient (Wildman–Crippen LogP) is 3.89. The largest absolute Gasteiger partial charge is 0.227 e. The number of aromatic nitrogens is 1. The number of hydrogen-bond acceptors (Lipinski definition) is 1. The van der Waals surface area contributed by atoms with E-state index in [4.69, 9.17) is 0 Å². The third-order valence-electron chi connectivity index (χ3n) is 3.98. The molecular formula is C12H13BrFN. The second-order valence-corrected chi connectivity index (χ2v) is 5.68. The maximum Gasteiger partial charge on any atom is 0.227 e. The van der Waals surface area contributed by atoms with Crippen molar-refractivity contribution in [3.63, 3.8) is 0 Å². The molecule has 0 saturated heterocycles. The Hall–Kier alpha value is -0.440. The first kappa shape index (κ1) is 9.76. The highest BCUT2D eigenvalue weighted by molar-refractivity contribution is 9.10. The molecule has 2 aliphatic rings. The first-order chi connectivity index (χ1) is 7.24. The lowest BCUT2D eigenvalue weighted by Crippen LogP contribution is -2.09. The molecule has 2 fully saturated rings. The molecule has 3 rings (SSSR count). The number of rotatable bonds is 1. The molecule has 1 nitrogen and oxygen atoms in total. The van der Waals surface area contributed by atoms with Crippen molar-refractivity contribution in [3.05, 3.63) is 28.2 Å². The zero-order valence-electron chi connectivity index (χ0n) is 8.42. The Morgan fingerprint density at radius 1 is 1.33 bits per heavy atom. The fourth-order valence-electron chi connectivity index (χ4n) is 3.29. The van der Waals surface area contributed by atoms with Gasteiger partial charge in [-0.15, -0.1) is 0 Å². The summed E-state index contributed by atoms with van der Waals surface area (Å²) in [6.45, 7) is 0. The highest BCUT2D eigenvalue weighted by atomic mass is 79.9. The number of nitrogens with zero attached hydrogens (tertiary/aromatic N) is 1. The van der Waals surface area contributed by atoms with E-state index in [9.17, 15) is 4.39 Å². The summed E-state index contributed by atoms with van der Waals surface area (Å²) in [5, 5.41) is 0. The minimum atomic E-state index is -0.401. The normalized spacial score (nSPS) is 33.6. The van der Waals surface area contributed by atoms with Gasteiger partial charge in [0, 0.05) is 6.20 Å². The topological polar surface area (TPSA) is 12.9 Å². The average molecular weight is 270 g/mol. The molecule has 0 aromatic carbocycles. The zero-order chi connectivity index (χ0) is 10.4. The van der Waals surface area contributed by atoms with Gasteiger partial charge >= 0.3 is 0 Å². The molecule has 0 aliphatic heterocycles. The quantitative estimate of drug-likeness (QED) is 0.705. The maximum atomic E-state index is 13.0. The molecule has 0 amide bonds. The number of hydrogen-bond donors (Lipinski definition) is 0. The summed E-state index contributed by atoms with van der Waals surface area (Å²) in [5.74, 6) is 1.98. The molecule has 3 unspecified atom stereocenters. The van der Waals surface area contributed by atoms with Gasteiger partial charge in [0.25, 0.3) is 0 Å². The average Bonchev–Trinajstić information content (AvgIpc) is 2.83. The van der Waals surface area contributed by atoms with Crippen LogP contribution < -0.4 is 0 Å². The monoisotopic (exact) mass is 269 g/mol. The SMILES string of the molecule is Fc1ncc(C2CC3CCC2C3)cc1Br. The van der Waals surface area contributed by atoms with E-state index in [2.05, 4.69) is 20.9 Å². The van der Waals surface area contributed by atoms with Crippen LogP contribution >= 0.6 is 15.9 Å². The highest BCUT2D eigenvalue weighted by Crippen LogP contribution is 2.52. The third-order valence-corrected chi connectivity index (χ3v) is 4.54. The lowest BCUT2D eigenvalue weighted by Gasteiger charge is -2.21. The zero-order valence-corrected chi connectivity index (χ0v) is 10.0. The van der Waals surface area contributed by atoms with Crippen LogP contribution in [0.5, 0.6) is 0 Å². The van der Waals surface area contributed by atoms with Gasteiger partial charge in [-0.25, -0.2) is 4.98 Å². The number of halogens is 2. The molecule has 1 aromatic rings. The lowest BCUT2D eigenvalue weighted by molar-refractivity contribution is 0.418. The van der Waals surface area contributed by atoms with Gasteiger partial charge in [-0.1, -0.05) is 6.42 Å². The van der Waals surface area contributed by atoms with Crippen LogP contribution in [0.1, 0.15) is 37.2 Å². The van der Waals surface area contributed by atoms with Crippen molar-refractivity contribution in [2.45, 2.75) is 31.6 Å². The van der Waals surface area contributed by atoms with Crippen molar-refractivity contribution in [2.24, 2.45) is 11.8 Å². The van der Waals surface area contributed by atoms with Crippen LogP contribution in [0.15, 0.2) is 16.7 Å². The first-order valence-electron chi connectivity index (χ1n) is 5.55. The fourth-order valence-corrected chi connectivity index (χ4v) is 3.66. The van der Waals surface area contributed by atoms with E-state index in [0.717, 1.165) is 11.8 Å². The fraction of sp³-hybridized carbons (Fsp3) is 0.583. The van der Waals surface area contributed by atoms with Crippen LogP contribution in [0.2, 0.25) is 0 Å². The van der Waals surface area contributed by atoms with E-state index in [1.165, 1.54) is 31.2 Å². The van der Waals surface area contributed by atoms with Crippen molar-refractivity contribution in [2.75, 3.05) is 0 Å². The second kappa shape index (κ2) is 3.55. The Morgan fingerprint density at radius 2 is 2.20 bits per heavy atom. The molecule has 0 spiro atoms. The Morgan fingerprint density at radius 3 is 2.80 bits per heavy atom. The Kier molecular flexibility index (Phi) is 2.31. The molecule has 1 heterocycles. The standard InChI is InChI=1S/C12H13BrFN/c13-11-5-9(6-15-12(11)14)10-4-7-1-2-8(10)3-7/h5-8,10H,1-4H2. The molecule has 1 aromatic heterocycles. The molecular weight excluding hydrogens is 257 g/mol. The third kappa shape index (κ3) is 1.61. The molecule has 80 valence electrons. The van der Waals surface area contributed by atoms with Crippen molar-refractivity contribution >= 4 is 15.9 Å². The van der Waals surface area contributed by atoms with Gasteiger partial charge in [0.05, 0.1) is 4.47 Å². The Bertz CT molecular complexity index is 393. The van der Waals surface area contributed by atoms with Crippen molar-refractivity contribution in [3.8, 4) is 0 Å². The minimum Gasteiger partial charge on any atom is -0.227 e. The van der Waals surface area contributed by atoms with E-state index in [0.29, 0.717) is 10.4 Å². The predicted molar refractivity (Wildman–Crippen MR) is 60.1 cm³/mol.